The number of nitrogens with zero attached hydrogens (tertiary/aromatic N) is 4. The van der Waals surface area contributed by atoms with Crippen LogP contribution in [0.1, 0.15) is 23.8 Å². The van der Waals surface area contributed by atoms with Gasteiger partial charge in [0.15, 0.2) is 11.4 Å². The molecule has 2 aromatic carbocycles. The van der Waals surface area contributed by atoms with Gasteiger partial charge in [-0.15, -0.1) is 0 Å². The summed E-state index contributed by atoms with van der Waals surface area (Å²) in [5, 5.41) is 7.35. The maximum absolute atomic E-state index is 13.1. The predicted molar refractivity (Wildman–Crippen MR) is 119 cm³/mol. The molecular formula is C23H25N5O3. The Kier molecular flexibility index (Phi) is 6.28. The topological polar surface area (TPSA) is 83.2 Å². The molecule has 1 N–H and O–H groups in total. The molecule has 2 aromatic heterocycles. The van der Waals surface area contributed by atoms with Crippen LogP contribution >= 0.6 is 0 Å². The number of aryl methyl sites for hydroxylation is 1. The molecule has 0 aliphatic carbocycles. The standard InChI is InChI=1S/C23H25N5O3/c1-3-31-15-9-14-27-19-13-8-7-12-18(19)24-23(27)25-22(29)21-20(30-2)16-28(26-21)17-10-5-4-6-11-17/h4-8,10-13,16H,3,9,14-15H2,1-2H3,(H,24,25,29). The van der Waals surface area contributed by atoms with E-state index in [9.17, 15) is 4.79 Å². The highest BCUT2D eigenvalue weighted by Crippen LogP contribution is 2.23. The fourth-order valence-corrected chi connectivity index (χ4v) is 3.40. The largest absolute Gasteiger partial charge is 0.493 e. The highest BCUT2D eigenvalue weighted by atomic mass is 16.5. The molecule has 1 amide bonds. The summed E-state index contributed by atoms with van der Waals surface area (Å²) in [4.78, 5) is 17.7. The molecule has 4 aromatic rings. The molecule has 160 valence electrons. The normalized spacial score (nSPS) is 11.0. The van der Waals surface area contributed by atoms with E-state index in [-0.39, 0.29) is 11.6 Å². The van der Waals surface area contributed by atoms with Crippen molar-refractivity contribution < 1.29 is 14.3 Å². The van der Waals surface area contributed by atoms with Crippen molar-refractivity contribution in [2.45, 2.75) is 19.9 Å². The number of para-hydroxylation sites is 3. The Morgan fingerprint density at radius 2 is 1.87 bits per heavy atom. The van der Waals surface area contributed by atoms with E-state index >= 15 is 0 Å². The number of benzene rings is 2. The maximum atomic E-state index is 13.1. The molecule has 0 bridgehead atoms. The molecule has 2 heterocycles. The number of anilines is 1. The van der Waals surface area contributed by atoms with Crippen LogP contribution in [0.25, 0.3) is 16.7 Å². The van der Waals surface area contributed by atoms with Gasteiger partial charge in [-0.25, -0.2) is 9.67 Å². The molecule has 8 nitrogen and oxygen atoms in total. The van der Waals surface area contributed by atoms with Gasteiger partial charge in [-0.2, -0.15) is 5.10 Å². The average Bonchev–Trinajstić information content (AvgIpc) is 3.39. The Hall–Kier alpha value is -3.65. The number of hydrogen-bond acceptors (Lipinski definition) is 5. The van der Waals surface area contributed by atoms with Gasteiger partial charge in [0, 0.05) is 19.8 Å². The lowest BCUT2D eigenvalue weighted by Crippen LogP contribution is -2.18. The summed E-state index contributed by atoms with van der Waals surface area (Å²) in [7, 11) is 1.52. The molecule has 0 aliphatic heterocycles. The lowest BCUT2D eigenvalue weighted by atomic mass is 10.3. The number of carbonyl (C=O) groups is 1. The van der Waals surface area contributed by atoms with Gasteiger partial charge in [0.25, 0.3) is 5.91 Å². The quantitative estimate of drug-likeness (QED) is 0.416. The fourth-order valence-electron chi connectivity index (χ4n) is 3.40. The maximum Gasteiger partial charge on any atom is 0.282 e. The summed E-state index contributed by atoms with van der Waals surface area (Å²) in [6, 6.07) is 17.4. The number of amides is 1. The number of aromatic nitrogens is 4. The lowest BCUT2D eigenvalue weighted by molar-refractivity contribution is 0.101. The van der Waals surface area contributed by atoms with Crippen LogP contribution in [0, 0.1) is 0 Å². The van der Waals surface area contributed by atoms with Crippen LogP contribution in [-0.4, -0.2) is 45.6 Å². The van der Waals surface area contributed by atoms with E-state index in [0.717, 1.165) is 23.1 Å². The Morgan fingerprint density at radius 1 is 1.10 bits per heavy atom. The Labute approximate surface area is 180 Å². The van der Waals surface area contributed by atoms with E-state index < -0.39 is 0 Å². The zero-order valence-electron chi connectivity index (χ0n) is 17.6. The summed E-state index contributed by atoms with van der Waals surface area (Å²) in [5.74, 6) is 0.479. The first kappa shape index (κ1) is 20.6. The van der Waals surface area contributed by atoms with Crippen LogP contribution in [0.5, 0.6) is 5.75 Å². The summed E-state index contributed by atoms with van der Waals surface area (Å²) in [5.41, 5.74) is 2.80. The second kappa shape index (κ2) is 9.44. The summed E-state index contributed by atoms with van der Waals surface area (Å²) < 4.78 is 14.5. The second-order valence-corrected chi connectivity index (χ2v) is 6.91. The number of fused-ring (bicyclic) bond motifs is 1. The second-order valence-electron chi connectivity index (χ2n) is 6.91. The number of imidazole rings is 1. The minimum absolute atomic E-state index is 0.194. The van der Waals surface area contributed by atoms with E-state index in [2.05, 4.69) is 15.4 Å². The third kappa shape index (κ3) is 4.44. The minimum atomic E-state index is -0.382. The van der Waals surface area contributed by atoms with Crippen LogP contribution < -0.4 is 10.1 Å². The molecule has 0 radical (unpaired) electrons. The van der Waals surface area contributed by atoms with Gasteiger partial charge < -0.3 is 14.0 Å². The van der Waals surface area contributed by atoms with E-state index in [1.54, 1.807) is 10.9 Å². The molecule has 31 heavy (non-hydrogen) atoms. The number of methoxy groups -OCH3 is 1. The van der Waals surface area contributed by atoms with E-state index in [1.807, 2.05) is 66.1 Å². The first-order valence-electron chi connectivity index (χ1n) is 10.2. The molecule has 0 unspecified atom stereocenters. The number of carbonyl (C=O) groups excluding carboxylic acids is 1. The van der Waals surface area contributed by atoms with Crippen LogP contribution in [0.3, 0.4) is 0 Å². The van der Waals surface area contributed by atoms with Crippen molar-refractivity contribution in [3.63, 3.8) is 0 Å². The summed E-state index contributed by atoms with van der Waals surface area (Å²) in [6.45, 7) is 3.97. The van der Waals surface area contributed by atoms with Gasteiger partial charge in [-0.3, -0.25) is 10.1 Å². The Morgan fingerprint density at radius 3 is 2.65 bits per heavy atom. The van der Waals surface area contributed by atoms with Crippen molar-refractivity contribution in [1.82, 2.24) is 19.3 Å². The molecule has 0 saturated heterocycles. The first-order chi connectivity index (χ1) is 15.2. The van der Waals surface area contributed by atoms with Crippen molar-refractivity contribution in [1.29, 1.82) is 0 Å². The van der Waals surface area contributed by atoms with Crippen LogP contribution in [0.2, 0.25) is 0 Å². The summed E-state index contributed by atoms with van der Waals surface area (Å²) >= 11 is 0. The molecule has 0 atom stereocenters. The number of hydrogen-bond donors (Lipinski definition) is 1. The van der Waals surface area contributed by atoms with Crippen molar-refractivity contribution in [2.24, 2.45) is 0 Å². The molecular weight excluding hydrogens is 394 g/mol. The van der Waals surface area contributed by atoms with Crippen molar-refractivity contribution in [3.05, 3.63) is 66.5 Å². The summed E-state index contributed by atoms with van der Waals surface area (Å²) in [6.07, 6.45) is 2.50. The van der Waals surface area contributed by atoms with E-state index in [0.29, 0.717) is 31.5 Å². The van der Waals surface area contributed by atoms with Crippen molar-refractivity contribution in [3.8, 4) is 11.4 Å². The zero-order chi connectivity index (χ0) is 21.6. The van der Waals surface area contributed by atoms with Gasteiger partial charge >= 0.3 is 0 Å². The highest BCUT2D eigenvalue weighted by molar-refractivity contribution is 6.04. The zero-order valence-corrected chi connectivity index (χ0v) is 17.6. The van der Waals surface area contributed by atoms with E-state index in [4.69, 9.17) is 9.47 Å². The molecule has 8 heteroatoms. The number of ether oxygens (including phenoxy) is 2. The molecule has 0 saturated carbocycles. The van der Waals surface area contributed by atoms with Gasteiger partial charge in [-0.1, -0.05) is 30.3 Å². The smallest absolute Gasteiger partial charge is 0.282 e. The SMILES string of the molecule is CCOCCCn1c(NC(=O)c2nn(-c3ccccc3)cc2OC)nc2ccccc21. The van der Waals surface area contributed by atoms with E-state index in [1.165, 1.54) is 7.11 Å². The molecule has 4 rings (SSSR count). The lowest BCUT2D eigenvalue weighted by Gasteiger charge is -2.10. The van der Waals surface area contributed by atoms with Crippen LogP contribution in [0.4, 0.5) is 5.95 Å². The monoisotopic (exact) mass is 419 g/mol. The molecule has 0 spiro atoms. The molecule has 0 fully saturated rings. The van der Waals surface area contributed by atoms with Gasteiger partial charge in [-0.05, 0) is 37.6 Å². The third-order valence-corrected chi connectivity index (χ3v) is 4.89. The van der Waals surface area contributed by atoms with Gasteiger partial charge in [0.2, 0.25) is 5.95 Å². The van der Waals surface area contributed by atoms with Crippen molar-refractivity contribution >= 4 is 22.9 Å². The van der Waals surface area contributed by atoms with Gasteiger partial charge in [0.05, 0.1) is 30.0 Å². The van der Waals surface area contributed by atoms with Crippen molar-refractivity contribution in [2.75, 3.05) is 25.6 Å². The predicted octanol–water partition coefficient (Wildman–Crippen LogP) is 3.91. The van der Waals surface area contributed by atoms with Crippen LogP contribution in [0.15, 0.2) is 60.8 Å². The Balaban J connectivity index is 1.62. The highest BCUT2D eigenvalue weighted by Gasteiger charge is 2.21. The fraction of sp³-hybridized carbons (Fsp3) is 0.261. The number of rotatable bonds is 9. The minimum Gasteiger partial charge on any atom is -0.493 e. The average molecular weight is 419 g/mol. The first-order valence-corrected chi connectivity index (χ1v) is 10.2. The van der Waals surface area contributed by atoms with Gasteiger partial charge in [0.1, 0.15) is 0 Å². The van der Waals surface area contributed by atoms with Crippen LogP contribution in [-0.2, 0) is 11.3 Å². The Bertz CT molecular complexity index is 1170. The molecule has 0 aliphatic rings. The number of nitrogens with one attached hydrogen (secondary N) is 1. The third-order valence-electron chi connectivity index (χ3n) is 4.89.